The Kier molecular flexibility index (Phi) is 11.3. The zero-order chi connectivity index (χ0) is 22.1. The Morgan fingerprint density at radius 2 is 1.90 bits per heavy atom. The van der Waals surface area contributed by atoms with Gasteiger partial charge in [0, 0.05) is 44.5 Å². The highest BCUT2D eigenvalue weighted by molar-refractivity contribution is 14.0. The zero-order valence-electron chi connectivity index (χ0n) is 18.4. The van der Waals surface area contributed by atoms with Crippen LogP contribution in [0.4, 0.5) is 13.2 Å². The molecule has 2 N–H and O–H groups in total. The third kappa shape index (κ3) is 9.06. The van der Waals surface area contributed by atoms with Gasteiger partial charge in [-0.05, 0) is 32.9 Å². The zero-order valence-corrected chi connectivity index (χ0v) is 20.7. The molecular formula is C21H32F3IN6. The van der Waals surface area contributed by atoms with Gasteiger partial charge in [-0.3, -0.25) is 9.58 Å². The Morgan fingerprint density at radius 3 is 2.52 bits per heavy atom. The van der Waals surface area contributed by atoms with Crippen LogP contribution in [0.5, 0.6) is 0 Å². The summed E-state index contributed by atoms with van der Waals surface area (Å²) in [6.07, 6.45) is -2.26. The van der Waals surface area contributed by atoms with Crippen LogP contribution in [0.15, 0.2) is 41.5 Å². The first-order chi connectivity index (χ1) is 14.2. The lowest BCUT2D eigenvalue weighted by Crippen LogP contribution is -2.40. The molecule has 0 fully saturated rings. The highest BCUT2D eigenvalue weighted by atomic mass is 127. The van der Waals surface area contributed by atoms with Crippen LogP contribution in [0.1, 0.15) is 37.1 Å². The van der Waals surface area contributed by atoms with Gasteiger partial charge in [-0.2, -0.15) is 18.3 Å². The third-order valence-corrected chi connectivity index (χ3v) is 4.81. The van der Waals surface area contributed by atoms with Crippen LogP contribution in [-0.2, 0) is 26.3 Å². The summed E-state index contributed by atoms with van der Waals surface area (Å²) < 4.78 is 40.5. The number of nitrogens with one attached hydrogen (secondary N) is 2. The molecular weight excluding hydrogens is 520 g/mol. The van der Waals surface area contributed by atoms with Crippen molar-refractivity contribution < 1.29 is 13.2 Å². The van der Waals surface area contributed by atoms with Gasteiger partial charge < -0.3 is 10.6 Å². The van der Waals surface area contributed by atoms with E-state index in [1.807, 2.05) is 25.1 Å². The lowest BCUT2D eigenvalue weighted by Gasteiger charge is -2.25. The minimum atomic E-state index is -4.49. The molecule has 0 aliphatic rings. The number of aromatic nitrogens is 2. The van der Waals surface area contributed by atoms with E-state index in [0.29, 0.717) is 25.1 Å². The van der Waals surface area contributed by atoms with Crippen molar-refractivity contribution in [2.24, 2.45) is 12.0 Å². The molecule has 0 bridgehead atoms. The summed E-state index contributed by atoms with van der Waals surface area (Å²) in [6, 6.07) is 10.6. The molecule has 1 aromatic carbocycles. The van der Waals surface area contributed by atoms with Gasteiger partial charge in [-0.25, -0.2) is 4.99 Å². The average Bonchev–Trinajstić information content (AvgIpc) is 3.08. The number of benzene rings is 1. The first kappa shape index (κ1) is 27.2. The number of guanidine groups is 1. The Labute approximate surface area is 199 Å². The van der Waals surface area contributed by atoms with Gasteiger partial charge in [0.2, 0.25) is 0 Å². The second-order valence-electron chi connectivity index (χ2n) is 7.33. The standard InChI is InChI=1S/C21H31F3N6.HI/c1-5-25-20(27-13-18-15-30(4)28-19(18)21(22,23)24)26-12-11-16(2)29(3)14-17-9-7-6-8-10-17;/h6-10,15-16H,5,11-14H2,1-4H3,(H2,25,26,27);1H. The molecule has 0 saturated heterocycles. The van der Waals surface area contributed by atoms with Gasteiger partial charge in [-0.15, -0.1) is 24.0 Å². The van der Waals surface area contributed by atoms with E-state index in [4.69, 9.17) is 0 Å². The van der Waals surface area contributed by atoms with Crippen molar-refractivity contribution in [1.29, 1.82) is 0 Å². The molecule has 0 saturated carbocycles. The van der Waals surface area contributed by atoms with Gasteiger partial charge in [0.15, 0.2) is 11.7 Å². The number of aryl methyl sites for hydroxylation is 1. The van der Waals surface area contributed by atoms with E-state index in [2.05, 4.69) is 51.7 Å². The Morgan fingerprint density at radius 1 is 1.23 bits per heavy atom. The Hall–Kier alpha value is -1.82. The van der Waals surface area contributed by atoms with Crippen molar-refractivity contribution in [3.63, 3.8) is 0 Å². The van der Waals surface area contributed by atoms with Crippen LogP contribution < -0.4 is 10.6 Å². The molecule has 6 nitrogen and oxygen atoms in total. The van der Waals surface area contributed by atoms with Crippen LogP contribution in [0.25, 0.3) is 0 Å². The van der Waals surface area contributed by atoms with Crippen LogP contribution in [-0.4, -0.2) is 46.8 Å². The molecule has 31 heavy (non-hydrogen) atoms. The summed E-state index contributed by atoms with van der Waals surface area (Å²) in [7, 11) is 3.55. The molecule has 0 amide bonds. The predicted octanol–water partition coefficient (Wildman–Crippen LogP) is 4.02. The van der Waals surface area contributed by atoms with Crippen molar-refractivity contribution in [2.45, 2.75) is 45.6 Å². The molecule has 1 atom stereocenters. The van der Waals surface area contributed by atoms with Gasteiger partial charge in [0.1, 0.15) is 0 Å². The molecule has 1 unspecified atom stereocenters. The van der Waals surface area contributed by atoms with E-state index >= 15 is 0 Å². The van der Waals surface area contributed by atoms with E-state index in [1.165, 1.54) is 18.8 Å². The number of rotatable bonds is 9. The molecule has 0 aliphatic carbocycles. The predicted molar refractivity (Wildman–Crippen MR) is 128 cm³/mol. The maximum Gasteiger partial charge on any atom is 0.435 e. The fourth-order valence-corrected chi connectivity index (χ4v) is 3.05. The summed E-state index contributed by atoms with van der Waals surface area (Å²) in [5, 5.41) is 9.81. The fraction of sp³-hybridized carbons (Fsp3) is 0.524. The molecule has 2 aromatic rings. The molecule has 0 radical (unpaired) electrons. The summed E-state index contributed by atoms with van der Waals surface area (Å²) in [5.41, 5.74) is 0.422. The summed E-state index contributed by atoms with van der Waals surface area (Å²) in [4.78, 5) is 6.58. The highest BCUT2D eigenvalue weighted by Gasteiger charge is 2.36. The number of aliphatic imine (C=N–C) groups is 1. The maximum absolute atomic E-state index is 13.1. The lowest BCUT2D eigenvalue weighted by atomic mass is 10.1. The summed E-state index contributed by atoms with van der Waals surface area (Å²) in [6.45, 7) is 6.11. The van der Waals surface area contributed by atoms with E-state index in [0.717, 1.165) is 17.6 Å². The first-order valence-electron chi connectivity index (χ1n) is 10.1. The van der Waals surface area contributed by atoms with Crippen LogP contribution in [0, 0.1) is 0 Å². The molecule has 2 rings (SSSR count). The van der Waals surface area contributed by atoms with E-state index < -0.39 is 11.9 Å². The quantitative estimate of drug-likeness (QED) is 0.281. The fourth-order valence-electron chi connectivity index (χ4n) is 3.05. The number of hydrogen-bond donors (Lipinski definition) is 2. The number of halogens is 4. The van der Waals surface area contributed by atoms with Crippen LogP contribution >= 0.6 is 24.0 Å². The van der Waals surface area contributed by atoms with Gasteiger partial charge in [0.05, 0.1) is 6.54 Å². The molecule has 174 valence electrons. The number of nitrogens with zero attached hydrogens (tertiary/aromatic N) is 4. The van der Waals surface area contributed by atoms with Gasteiger partial charge in [0.25, 0.3) is 0 Å². The largest absolute Gasteiger partial charge is 0.435 e. The first-order valence-corrected chi connectivity index (χ1v) is 10.1. The van der Waals surface area contributed by atoms with E-state index in [-0.39, 0.29) is 36.1 Å². The monoisotopic (exact) mass is 552 g/mol. The summed E-state index contributed by atoms with van der Waals surface area (Å²) >= 11 is 0. The van der Waals surface area contributed by atoms with Crippen molar-refractivity contribution in [3.05, 3.63) is 53.3 Å². The minimum Gasteiger partial charge on any atom is -0.357 e. The normalized spacial score (nSPS) is 13.1. The highest BCUT2D eigenvalue weighted by Crippen LogP contribution is 2.30. The SMILES string of the molecule is CCNC(=NCc1cn(C)nc1C(F)(F)F)NCCC(C)N(C)Cc1ccccc1.I. The van der Waals surface area contributed by atoms with Crippen molar-refractivity contribution in [1.82, 2.24) is 25.3 Å². The molecule has 1 heterocycles. The van der Waals surface area contributed by atoms with Crippen LogP contribution in [0.2, 0.25) is 0 Å². The second kappa shape index (κ2) is 12.9. The molecule has 0 spiro atoms. The molecule has 0 aliphatic heterocycles. The lowest BCUT2D eigenvalue weighted by molar-refractivity contribution is -0.142. The topological polar surface area (TPSA) is 57.5 Å². The van der Waals surface area contributed by atoms with Crippen molar-refractivity contribution >= 4 is 29.9 Å². The Balaban J connectivity index is 0.00000480. The molecule has 10 heteroatoms. The number of alkyl halides is 3. The second-order valence-corrected chi connectivity index (χ2v) is 7.33. The van der Waals surface area contributed by atoms with E-state index in [9.17, 15) is 13.2 Å². The van der Waals surface area contributed by atoms with Gasteiger partial charge in [-0.1, -0.05) is 30.3 Å². The minimum absolute atomic E-state index is 0. The average molecular weight is 552 g/mol. The van der Waals surface area contributed by atoms with Crippen molar-refractivity contribution in [2.75, 3.05) is 20.1 Å². The van der Waals surface area contributed by atoms with Gasteiger partial charge >= 0.3 is 6.18 Å². The van der Waals surface area contributed by atoms with Crippen LogP contribution in [0.3, 0.4) is 0 Å². The molecule has 1 aromatic heterocycles. The Bertz CT molecular complexity index is 807. The number of hydrogen-bond acceptors (Lipinski definition) is 3. The maximum atomic E-state index is 13.1. The van der Waals surface area contributed by atoms with E-state index in [1.54, 1.807) is 0 Å². The summed E-state index contributed by atoms with van der Waals surface area (Å²) in [5.74, 6) is 0.493. The smallest absolute Gasteiger partial charge is 0.357 e. The third-order valence-electron chi connectivity index (χ3n) is 4.81. The van der Waals surface area contributed by atoms with Crippen molar-refractivity contribution in [3.8, 4) is 0 Å².